The van der Waals surface area contributed by atoms with E-state index in [4.69, 9.17) is 5.11 Å². The lowest BCUT2D eigenvalue weighted by Gasteiger charge is -2.11. The Morgan fingerprint density at radius 3 is 2.90 bits per heavy atom. The van der Waals surface area contributed by atoms with Gasteiger partial charge in [-0.1, -0.05) is 30.0 Å². The number of carboxylic acid groups (broad SMARTS) is 1. The quantitative estimate of drug-likeness (QED) is 0.750. The maximum absolute atomic E-state index is 10.8. The number of para-hydroxylation sites is 1. The molecule has 106 valence electrons. The van der Waals surface area contributed by atoms with E-state index in [1.165, 1.54) is 11.8 Å². The van der Waals surface area contributed by atoms with Gasteiger partial charge in [0.05, 0.1) is 23.2 Å². The molecule has 0 spiro atoms. The molecule has 0 amide bonds. The molecule has 3 aromatic rings. The van der Waals surface area contributed by atoms with Crippen LogP contribution in [0.3, 0.4) is 0 Å². The second-order valence-corrected chi connectivity index (χ2v) is 5.51. The minimum absolute atomic E-state index is 0.0252. The molecule has 0 atom stereocenters. The van der Waals surface area contributed by atoms with Gasteiger partial charge < -0.3 is 5.11 Å². The molecule has 1 N–H and O–H groups in total. The third kappa shape index (κ3) is 2.62. The number of aliphatic carboxylic acids is 1. The summed E-state index contributed by atoms with van der Waals surface area (Å²) >= 11 is 1.21. The number of aromatic nitrogens is 3. The SMILES string of the molecule is Cc1ccccc1-n1c(SCC(=O)O)nc2cnccc21. The van der Waals surface area contributed by atoms with Gasteiger partial charge in [0.25, 0.3) is 0 Å². The van der Waals surface area contributed by atoms with Crippen LogP contribution in [0.15, 0.2) is 47.9 Å². The van der Waals surface area contributed by atoms with Crippen LogP contribution in [-0.4, -0.2) is 31.4 Å². The van der Waals surface area contributed by atoms with Crippen molar-refractivity contribution in [1.82, 2.24) is 14.5 Å². The third-order valence-electron chi connectivity index (χ3n) is 3.11. The smallest absolute Gasteiger partial charge is 0.313 e. The highest BCUT2D eigenvalue weighted by Gasteiger charge is 2.15. The molecule has 6 heteroatoms. The molecule has 21 heavy (non-hydrogen) atoms. The second-order valence-electron chi connectivity index (χ2n) is 4.56. The average Bonchev–Trinajstić information content (AvgIpc) is 2.84. The summed E-state index contributed by atoms with van der Waals surface area (Å²) in [6, 6.07) is 9.85. The normalized spacial score (nSPS) is 10.9. The van der Waals surface area contributed by atoms with Gasteiger partial charge in [-0.3, -0.25) is 14.3 Å². The predicted octanol–water partition coefficient (Wildman–Crippen LogP) is 2.91. The van der Waals surface area contributed by atoms with Crippen LogP contribution in [0.4, 0.5) is 0 Å². The van der Waals surface area contributed by atoms with Crippen LogP contribution in [0.5, 0.6) is 0 Å². The molecule has 0 aliphatic heterocycles. The number of aryl methyl sites for hydroxylation is 1. The molecule has 0 aliphatic rings. The Balaban J connectivity index is 2.20. The summed E-state index contributed by atoms with van der Waals surface area (Å²) in [6.07, 6.45) is 3.40. The molecular formula is C15H13N3O2S. The van der Waals surface area contributed by atoms with Gasteiger partial charge in [-0.05, 0) is 24.6 Å². The van der Waals surface area contributed by atoms with Crippen LogP contribution < -0.4 is 0 Å². The van der Waals surface area contributed by atoms with Crippen molar-refractivity contribution in [2.75, 3.05) is 5.75 Å². The van der Waals surface area contributed by atoms with Gasteiger partial charge in [0.2, 0.25) is 0 Å². The molecule has 0 unspecified atom stereocenters. The maximum atomic E-state index is 10.8. The van der Waals surface area contributed by atoms with Crippen LogP contribution in [0, 0.1) is 6.92 Å². The fourth-order valence-corrected chi connectivity index (χ4v) is 2.92. The summed E-state index contributed by atoms with van der Waals surface area (Å²) in [6.45, 7) is 2.02. The highest BCUT2D eigenvalue weighted by molar-refractivity contribution is 7.99. The number of thioether (sulfide) groups is 1. The lowest BCUT2D eigenvalue weighted by Crippen LogP contribution is -2.02. The molecule has 0 aliphatic carbocycles. The number of carboxylic acids is 1. The number of imidazole rings is 1. The van der Waals surface area contributed by atoms with Crippen molar-refractivity contribution in [1.29, 1.82) is 0 Å². The minimum Gasteiger partial charge on any atom is -0.481 e. The first-order chi connectivity index (χ1) is 10.2. The van der Waals surface area contributed by atoms with Crippen molar-refractivity contribution in [3.8, 4) is 5.69 Å². The van der Waals surface area contributed by atoms with Gasteiger partial charge in [-0.15, -0.1) is 0 Å². The zero-order valence-electron chi connectivity index (χ0n) is 11.4. The van der Waals surface area contributed by atoms with Gasteiger partial charge in [0.15, 0.2) is 5.16 Å². The zero-order valence-corrected chi connectivity index (χ0v) is 12.2. The third-order valence-corrected chi connectivity index (χ3v) is 4.03. The zero-order chi connectivity index (χ0) is 14.8. The molecule has 1 aromatic carbocycles. The highest BCUT2D eigenvalue weighted by Crippen LogP contribution is 2.28. The van der Waals surface area contributed by atoms with E-state index in [9.17, 15) is 4.79 Å². The largest absolute Gasteiger partial charge is 0.481 e. The van der Waals surface area contributed by atoms with Crippen LogP contribution in [0.2, 0.25) is 0 Å². The highest BCUT2D eigenvalue weighted by atomic mass is 32.2. The van der Waals surface area contributed by atoms with Crippen molar-refractivity contribution in [2.45, 2.75) is 12.1 Å². The topological polar surface area (TPSA) is 68.0 Å². The summed E-state index contributed by atoms with van der Waals surface area (Å²) in [7, 11) is 0. The molecule has 0 saturated heterocycles. The summed E-state index contributed by atoms with van der Waals surface area (Å²) in [5.74, 6) is -0.885. The van der Waals surface area contributed by atoms with Crippen molar-refractivity contribution in [3.63, 3.8) is 0 Å². The Kier molecular flexibility index (Phi) is 3.62. The number of rotatable bonds is 4. The van der Waals surface area contributed by atoms with Crippen molar-refractivity contribution < 1.29 is 9.90 Å². The van der Waals surface area contributed by atoms with E-state index in [1.807, 2.05) is 41.8 Å². The van der Waals surface area contributed by atoms with Crippen LogP contribution in [-0.2, 0) is 4.79 Å². The number of fused-ring (bicyclic) bond motifs is 1. The summed E-state index contributed by atoms with van der Waals surface area (Å²) in [4.78, 5) is 19.4. The molecular weight excluding hydrogens is 286 g/mol. The Bertz CT molecular complexity index is 814. The molecule has 0 radical (unpaired) electrons. The fourth-order valence-electron chi connectivity index (χ4n) is 2.18. The van der Waals surface area contributed by atoms with Crippen LogP contribution >= 0.6 is 11.8 Å². The van der Waals surface area contributed by atoms with Gasteiger partial charge in [0, 0.05) is 6.20 Å². The van der Waals surface area contributed by atoms with E-state index in [0.717, 1.165) is 22.3 Å². The Morgan fingerprint density at radius 1 is 1.33 bits per heavy atom. The minimum atomic E-state index is -0.860. The van der Waals surface area contributed by atoms with Gasteiger partial charge in [0.1, 0.15) is 5.52 Å². The van der Waals surface area contributed by atoms with E-state index in [-0.39, 0.29) is 5.75 Å². The van der Waals surface area contributed by atoms with E-state index in [0.29, 0.717) is 5.16 Å². The lowest BCUT2D eigenvalue weighted by molar-refractivity contribution is -0.133. The van der Waals surface area contributed by atoms with E-state index in [2.05, 4.69) is 9.97 Å². The molecule has 3 rings (SSSR count). The van der Waals surface area contributed by atoms with Gasteiger partial charge in [-0.25, -0.2) is 4.98 Å². The lowest BCUT2D eigenvalue weighted by atomic mass is 10.2. The number of hydrogen-bond acceptors (Lipinski definition) is 4. The van der Waals surface area contributed by atoms with Crippen molar-refractivity contribution in [3.05, 3.63) is 48.3 Å². The standard InChI is InChI=1S/C15H13N3O2S/c1-10-4-2-3-5-12(10)18-13-6-7-16-8-11(13)17-15(18)21-9-14(19)20/h2-8H,9H2,1H3,(H,19,20). The number of nitrogens with zero attached hydrogens (tertiary/aromatic N) is 3. The monoisotopic (exact) mass is 299 g/mol. The number of hydrogen-bond donors (Lipinski definition) is 1. The summed E-state index contributed by atoms with van der Waals surface area (Å²) in [5.41, 5.74) is 3.78. The first-order valence-electron chi connectivity index (χ1n) is 6.40. The maximum Gasteiger partial charge on any atom is 0.313 e. The molecule has 2 aromatic heterocycles. The Hall–Kier alpha value is -2.34. The number of carbonyl (C=O) groups is 1. The number of benzene rings is 1. The summed E-state index contributed by atoms with van der Waals surface area (Å²) in [5, 5.41) is 9.56. The molecule has 2 heterocycles. The van der Waals surface area contributed by atoms with E-state index >= 15 is 0 Å². The van der Waals surface area contributed by atoms with Crippen molar-refractivity contribution >= 4 is 28.8 Å². The number of pyridine rings is 1. The molecule has 0 bridgehead atoms. The second kappa shape index (κ2) is 5.57. The molecule has 0 saturated carbocycles. The Labute approximate surface area is 125 Å². The first kappa shape index (κ1) is 13.6. The van der Waals surface area contributed by atoms with E-state index in [1.54, 1.807) is 12.4 Å². The van der Waals surface area contributed by atoms with Gasteiger partial charge >= 0.3 is 5.97 Å². The molecule has 5 nitrogen and oxygen atoms in total. The predicted molar refractivity (Wildman–Crippen MR) is 82.0 cm³/mol. The van der Waals surface area contributed by atoms with E-state index < -0.39 is 5.97 Å². The van der Waals surface area contributed by atoms with Crippen LogP contribution in [0.25, 0.3) is 16.7 Å². The average molecular weight is 299 g/mol. The van der Waals surface area contributed by atoms with Gasteiger partial charge in [-0.2, -0.15) is 0 Å². The first-order valence-corrected chi connectivity index (χ1v) is 7.38. The fraction of sp³-hybridized carbons (Fsp3) is 0.133. The molecule has 0 fully saturated rings. The van der Waals surface area contributed by atoms with Crippen LogP contribution in [0.1, 0.15) is 5.56 Å². The Morgan fingerprint density at radius 2 is 2.14 bits per heavy atom. The summed E-state index contributed by atoms with van der Waals surface area (Å²) < 4.78 is 1.99. The van der Waals surface area contributed by atoms with Crippen molar-refractivity contribution in [2.24, 2.45) is 0 Å².